The number of aromatic nitrogens is 1. The van der Waals surface area contributed by atoms with E-state index in [1.54, 1.807) is 43.6 Å². The number of hydrogen-bond donors (Lipinski definition) is 2. The summed E-state index contributed by atoms with van der Waals surface area (Å²) >= 11 is 3.30. The number of benzene rings is 1. The van der Waals surface area contributed by atoms with Crippen LogP contribution in [0.5, 0.6) is 5.88 Å². The van der Waals surface area contributed by atoms with Gasteiger partial charge in [-0.3, -0.25) is 9.59 Å². The SMILES string of the molecule is COCCOc1ncccc1NC(=O)CNC(=O)c1cccc(Br)c1. The molecule has 7 nitrogen and oxygen atoms in total. The first-order chi connectivity index (χ1) is 12.1. The minimum atomic E-state index is -0.382. The number of ether oxygens (including phenoxy) is 2. The summed E-state index contributed by atoms with van der Waals surface area (Å²) in [5, 5.41) is 5.23. The van der Waals surface area contributed by atoms with Crippen LogP contribution in [0.2, 0.25) is 0 Å². The summed E-state index contributed by atoms with van der Waals surface area (Å²) in [4.78, 5) is 28.2. The van der Waals surface area contributed by atoms with Crippen molar-refractivity contribution in [3.05, 3.63) is 52.6 Å². The Morgan fingerprint density at radius 2 is 2.04 bits per heavy atom. The highest BCUT2D eigenvalue weighted by Gasteiger charge is 2.11. The summed E-state index contributed by atoms with van der Waals surface area (Å²) in [5.74, 6) is -0.418. The summed E-state index contributed by atoms with van der Waals surface area (Å²) in [6, 6.07) is 10.3. The van der Waals surface area contributed by atoms with Crippen molar-refractivity contribution in [2.24, 2.45) is 0 Å². The number of carbonyl (C=O) groups is 2. The van der Waals surface area contributed by atoms with Crippen molar-refractivity contribution in [3.8, 4) is 5.88 Å². The lowest BCUT2D eigenvalue weighted by molar-refractivity contribution is -0.115. The average Bonchev–Trinajstić information content (AvgIpc) is 2.61. The standard InChI is InChI=1S/C17H18BrN3O4/c1-24-8-9-25-17-14(6-3-7-19-17)21-15(22)11-20-16(23)12-4-2-5-13(18)10-12/h2-7,10H,8-9,11H2,1H3,(H,20,23)(H,21,22). The van der Waals surface area contributed by atoms with E-state index in [2.05, 4.69) is 31.5 Å². The Hall–Kier alpha value is -2.45. The van der Waals surface area contributed by atoms with Gasteiger partial charge in [0.1, 0.15) is 12.3 Å². The van der Waals surface area contributed by atoms with Gasteiger partial charge in [-0.25, -0.2) is 4.98 Å². The molecule has 0 bridgehead atoms. The molecule has 0 aliphatic rings. The van der Waals surface area contributed by atoms with E-state index in [0.29, 0.717) is 30.3 Å². The van der Waals surface area contributed by atoms with E-state index in [1.807, 2.05) is 6.07 Å². The summed E-state index contributed by atoms with van der Waals surface area (Å²) < 4.78 is 11.1. The molecule has 2 N–H and O–H groups in total. The number of nitrogens with zero attached hydrogens (tertiary/aromatic N) is 1. The Balaban J connectivity index is 1.89. The van der Waals surface area contributed by atoms with E-state index in [4.69, 9.17) is 9.47 Å². The molecule has 0 atom stereocenters. The van der Waals surface area contributed by atoms with Crippen molar-refractivity contribution in [1.29, 1.82) is 0 Å². The molecule has 0 saturated heterocycles. The van der Waals surface area contributed by atoms with Crippen LogP contribution in [-0.2, 0) is 9.53 Å². The Labute approximate surface area is 153 Å². The van der Waals surface area contributed by atoms with Gasteiger partial charge in [0, 0.05) is 23.3 Å². The molecule has 8 heteroatoms. The van der Waals surface area contributed by atoms with Crippen LogP contribution in [0.3, 0.4) is 0 Å². The van der Waals surface area contributed by atoms with Crippen LogP contribution >= 0.6 is 15.9 Å². The number of anilines is 1. The van der Waals surface area contributed by atoms with Crippen molar-refractivity contribution >= 4 is 33.4 Å². The molecule has 0 spiro atoms. The highest BCUT2D eigenvalue weighted by Crippen LogP contribution is 2.20. The van der Waals surface area contributed by atoms with Crippen molar-refractivity contribution in [1.82, 2.24) is 10.3 Å². The second kappa shape index (κ2) is 9.75. The summed E-state index contributed by atoms with van der Waals surface area (Å²) in [7, 11) is 1.57. The normalized spacial score (nSPS) is 10.2. The zero-order valence-corrected chi connectivity index (χ0v) is 15.2. The van der Waals surface area contributed by atoms with Crippen LogP contribution < -0.4 is 15.4 Å². The molecule has 1 aromatic heterocycles. The minimum absolute atomic E-state index is 0.169. The molecule has 0 aliphatic carbocycles. The van der Waals surface area contributed by atoms with Crippen LogP contribution in [-0.4, -0.2) is 43.7 Å². The van der Waals surface area contributed by atoms with Crippen molar-refractivity contribution in [2.45, 2.75) is 0 Å². The van der Waals surface area contributed by atoms with Gasteiger partial charge in [-0.2, -0.15) is 0 Å². The molecule has 132 valence electrons. The van der Waals surface area contributed by atoms with Crippen LogP contribution in [0.25, 0.3) is 0 Å². The molecule has 25 heavy (non-hydrogen) atoms. The molecule has 2 rings (SSSR count). The lowest BCUT2D eigenvalue weighted by atomic mass is 10.2. The molecule has 0 unspecified atom stereocenters. The fraction of sp³-hybridized carbons (Fsp3) is 0.235. The fourth-order valence-corrected chi connectivity index (χ4v) is 2.31. The third-order valence-electron chi connectivity index (χ3n) is 3.07. The Kier molecular flexibility index (Phi) is 7.36. The first-order valence-electron chi connectivity index (χ1n) is 7.50. The monoisotopic (exact) mass is 407 g/mol. The van der Waals surface area contributed by atoms with Crippen LogP contribution in [0, 0.1) is 0 Å². The van der Waals surface area contributed by atoms with Crippen LogP contribution in [0.4, 0.5) is 5.69 Å². The molecule has 2 aromatic rings. The van der Waals surface area contributed by atoms with Gasteiger partial charge < -0.3 is 20.1 Å². The van der Waals surface area contributed by atoms with Gasteiger partial charge in [0.05, 0.1) is 13.2 Å². The number of carbonyl (C=O) groups excluding carboxylic acids is 2. The number of halogens is 1. The predicted octanol–water partition coefficient (Wildman–Crippen LogP) is 2.24. The van der Waals surface area contributed by atoms with E-state index in [9.17, 15) is 9.59 Å². The summed E-state index contributed by atoms with van der Waals surface area (Å²) in [6.07, 6.45) is 1.56. The second-order valence-electron chi connectivity index (χ2n) is 4.94. The van der Waals surface area contributed by atoms with Crippen LogP contribution in [0.1, 0.15) is 10.4 Å². The van der Waals surface area contributed by atoms with E-state index in [-0.39, 0.29) is 18.4 Å². The third kappa shape index (κ3) is 6.17. The number of amides is 2. The zero-order chi connectivity index (χ0) is 18.1. The van der Waals surface area contributed by atoms with E-state index >= 15 is 0 Å². The van der Waals surface area contributed by atoms with Crippen molar-refractivity contribution < 1.29 is 19.1 Å². The smallest absolute Gasteiger partial charge is 0.251 e. The Morgan fingerprint density at radius 1 is 1.20 bits per heavy atom. The maximum Gasteiger partial charge on any atom is 0.251 e. The van der Waals surface area contributed by atoms with E-state index in [1.165, 1.54) is 0 Å². The fourth-order valence-electron chi connectivity index (χ4n) is 1.91. The summed E-state index contributed by atoms with van der Waals surface area (Å²) in [5.41, 5.74) is 0.896. The number of rotatable bonds is 8. The quantitative estimate of drug-likeness (QED) is 0.654. The lowest BCUT2D eigenvalue weighted by Crippen LogP contribution is -2.33. The number of methoxy groups -OCH3 is 1. The third-order valence-corrected chi connectivity index (χ3v) is 3.56. The lowest BCUT2D eigenvalue weighted by Gasteiger charge is -2.11. The molecule has 0 aliphatic heterocycles. The molecule has 1 heterocycles. The Morgan fingerprint density at radius 3 is 2.80 bits per heavy atom. The predicted molar refractivity (Wildman–Crippen MR) is 96.7 cm³/mol. The first kappa shape index (κ1) is 18.9. The Bertz CT molecular complexity index is 739. The van der Waals surface area contributed by atoms with Gasteiger partial charge in [-0.05, 0) is 30.3 Å². The summed E-state index contributed by atoms with van der Waals surface area (Å²) in [6.45, 7) is 0.556. The van der Waals surface area contributed by atoms with E-state index in [0.717, 1.165) is 4.47 Å². The molecule has 2 amide bonds. The van der Waals surface area contributed by atoms with Gasteiger partial charge in [0.2, 0.25) is 11.8 Å². The molecule has 1 aromatic carbocycles. The van der Waals surface area contributed by atoms with Crippen molar-refractivity contribution in [2.75, 3.05) is 32.2 Å². The molecular formula is C17H18BrN3O4. The average molecular weight is 408 g/mol. The van der Waals surface area contributed by atoms with Crippen molar-refractivity contribution in [3.63, 3.8) is 0 Å². The first-order valence-corrected chi connectivity index (χ1v) is 8.30. The topological polar surface area (TPSA) is 89.6 Å². The highest BCUT2D eigenvalue weighted by atomic mass is 79.9. The highest BCUT2D eigenvalue weighted by molar-refractivity contribution is 9.10. The molecular weight excluding hydrogens is 390 g/mol. The second-order valence-corrected chi connectivity index (χ2v) is 5.85. The van der Waals surface area contributed by atoms with Gasteiger partial charge in [0.15, 0.2) is 0 Å². The number of hydrogen-bond acceptors (Lipinski definition) is 5. The molecule has 0 fully saturated rings. The van der Waals surface area contributed by atoms with Gasteiger partial charge in [0.25, 0.3) is 5.91 Å². The number of nitrogens with one attached hydrogen (secondary N) is 2. The molecule has 0 radical (unpaired) electrons. The van der Waals surface area contributed by atoms with Gasteiger partial charge in [-0.15, -0.1) is 0 Å². The maximum atomic E-state index is 12.1. The van der Waals surface area contributed by atoms with Gasteiger partial charge in [-0.1, -0.05) is 22.0 Å². The number of pyridine rings is 1. The van der Waals surface area contributed by atoms with Gasteiger partial charge >= 0.3 is 0 Å². The molecule has 0 saturated carbocycles. The minimum Gasteiger partial charge on any atom is -0.474 e. The zero-order valence-electron chi connectivity index (χ0n) is 13.6. The maximum absolute atomic E-state index is 12.1. The van der Waals surface area contributed by atoms with Crippen LogP contribution in [0.15, 0.2) is 47.1 Å². The largest absolute Gasteiger partial charge is 0.474 e. The van der Waals surface area contributed by atoms with E-state index < -0.39 is 0 Å².